The lowest BCUT2D eigenvalue weighted by atomic mass is 10.1. The molecule has 0 unspecified atom stereocenters. The molecule has 2 aromatic carbocycles. The van der Waals surface area contributed by atoms with Crippen LogP contribution in [0.4, 0.5) is 13.2 Å². The first-order valence-electron chi connectivity index (χ1n) is 9.77. The van der Waals surface area contributed by atoms with E-state index in [4.69, 9.17) is 4.74 Å². The van der Waals surface area contributed by atoms with Gasteiger partial charge in [0.2, 0.25) is 5.88 Å². The van der Waals surface area contributed by atoms with Gasteiger partial charge in [0, 0.05) is 17.3 Å². The third kappa shape index (κ3) is 4.40. The van der Waals surface area contributed by atoms with Gasteiger partial charge in [0.25, 0.3) is 0 Å². The Hall–Kier alpha value is -4.21. The monoisotopic (exact) mass is 454 g/mol. The number of halogens is 3. The first kappa shape index (κ1) is 22.0. The number of benzene rings is 2. The first-order chi connectivity index (χ1) is 15.9. The average molecular weight is 454 g/mol. The fourth-order valence-electron chi connectivity index (χ4n) is 3.40. The van der Waals surface area contributed by atoms with Crippen LogP contribution in [-0.4, -0.2) is 26.2 Å². The molecule has 0 amide bonds. The molecule has 0 spiro atoms. The third-order valence-electron chi connectivity index (χ3n) is 4.94. The van der Waals surface area contributed by atoms with E-state index in [1.807, 2.05) is 0 Å². The maximum atomic E-state index is 13.8. The molecule has 0 radical (unpaired) electrons. The van der Waals surface area contributed by atoms with E-state index in [1.165, 1.54) is 13.3 Å². The number of hydrogen-bond acceptors (Lipinski definition) is 5. The number of nitrogens with zero attached hydrogens (tertiary/aromatic N) is 4. The predicted octanol–water partition coefficient (Wildman–Crippen LogP) is 2.99. The Morgan fingerprint density at radius 2 is 1.61 bits per heavy atom. The molecule has 0 aliphatic rings. The number of aromatic nitrogens is 4. The van der Waals surface area contributed by atoms with Crippen LogP contribution in [0.15, 0.2) is 70.4 Å². The molecule has 4 aromatic rings. The zero-order valence-electron chi connectivity index (χ0n) is 17.3. The van der Waals surface area contributed by atoms with Gasteiger partial charge >= 0.3 is 11.4 Å². The van der Waals surface area contributed by atoms with Gasteiger partial charge in [-0.05, 0) is 23.8 Å². The molecule has 2 heterocycles. The van der Waals surface area contributed by atoms with Crippen molar-refractivity contribution in [3.8, 4) is 17.3 Å². The molecule has 0 N–H and O–H groups in total. The highest BCUT2D eigenvalue weighted by molar-refractivity contribution is 5.54. The molecule has 0 saturated carbocycles. The molecule has 0 atom stereocenters. The minimum atomic E-state index is -1.61. The fraction of sp³-hybridized carbons (Fsp3) is 0.130. The van der Waals surface area contributed by atoms with Crippen molar-refractivity contribution >= 4 is 0 Å². The summed E-state index contributed by atoms with van der Waals surface area (Å²) in [5.41, 5.74) is -0.709. The average Bonchev–Trinajstić information content (AvgIpc) is 2.82. The van der Waals surface area contributed by atoms with Crippen LogP contribution in [0.1, 0.15) is 11.1 Å². The summed E-state index contributed by atoms with van der Waals surface area (Å²) in [6, 6.07) is 13.2. The van der Waals surface area contributed by atoms with E-state index in [9.17, 15) is 22.8 Å². The molecular formula is C23H17F3N4O3. The van der Waals surface area contributed by atoms with Crippen molar-refractivity contribution in [3.05, 3.63) is 110 Å². The van der Waals surface area contributed by atoms with E-state index in [0.717, 1.165) is 21.3 Å². The molecule has 0 bridgehead atoms. The van der Waals surface area contributed by atoms with Gasteiger partial charge in [0.05, 0.1) is 20.2 Å². The van der Waals surface area contributed by atoms with Gasteiger partial charge in [-0.1, -0.05) is 36.4 Å². The SMILES string of the molecule is COc1ncccc1Cn1c(=O)nc(-c2ccccc2)n(Cc2cc(F)c(F)c(F)c2)c1=O. The van der Waals surface area contributed by atoms with E-state index in [0.29, 0.717) is 11.1 Å². The number of methoxy groups -OCH3 is 1. The van der Waals surface area contributed by atoms with Crippen molar-refractivity contribution < 1.29 is 17.9 Å². The first-order valence-corrected chi connectivity index (χ1v) is 9.77. The molecule has 0 aliphatic carbocycles. The number of ether oxygens (including phenoxy) is 1. The van der Waals surface area contributed by atoms with Gasteiger partial charge in [-0.2, -0.15) is 4.98 Å². The molecule has 7 nitrogen and oxygen atoms in total. The summed E-state index contributed by atoms with van der Waals surface area (Å²) < 4.78 is 48.1. The standard InChI is InChI=1S/C23H17F3N4O3/c1-33-21-16(8-5-9-27-21)13-30-22(31)28-20(15-6-3-2-4-7-15)29(23(30)32)12-14-10-17(24)19(26)18(25)11-14/h2-11H,12-13H2,1H3. The zero-order valence-corrected chi connectivity index (χ0v) is 17.3. The van der Waals surface area contributed by atoms with Crippen LogP contribution < -0.4 is 16.1 Å². The molecule has 33 heavy (non-hydrogen) atoms. The van der Waals surface area contributed by atoms with Gasteiger partial charge in [-0.3, -0.25) is 4.57 Å². The van der Waals surface area contributed by atoms with Gasteiger partial charge < -0.3 is 4.74 Å². The van der Waals surface area contributed by atoms with Crippen LogP contribution in [0.3, 0.4) is 0 Å². The molecule has 168 valence electrons. The Balaban J connectivity index is 1.89. The minimum absolute atomic E-state index is 0.00476. The smallest absolute Gasteiger partial charge is 0.354 e. The summed E-state index contributed by atoms with van der Waals surface area (Å²) in [7, 11) is 1.40. The van der Waals surface area contributed by atoms with Crippen molar-refractivity contribution in [2.75, 3.05) is 7.11 Å². The topological polar surface area (TPSA) is 79.0 Å². The van der Waals surface area contributed by atoms with Gasteiger partial charge in [-0.25, -0.2) is 32.3 Å². The molecule has 0 fully saturated rings. The molecule has 0 aliphatic heterocycles. The lowest BCUT2D eigenvalue weighted by Gasteiger charge is -2.15. The fourth-order valence-corrected chi connectivity index (χ4v) is 3.40. The highest BCUT2D eigenvalue weighted by atomic mass is 19.2. The molecule has 10 heteroatoms. The van der Waals surface area contributed by atoms with Crippen molar-refractivity contribution in [1.29, 1.82) is 0 Å². The van der Waals surface area contributed by atoms with E-state index in [-0.39, 0.29) is 30.4 Å². The lowest BCUT2D eigenvalue weighted by Crippen LogP contribution is -2.43. The summed E-state index contributed by atoms with van der Waals surface area (Å²) in [6.45, 7) is -0.544. The number of rotatable bonds is 6. The van der Waals surface area contributed by atoms with Crippen LogP contribution >= 0.6 is 0 Å². The van der Waals surface area contributed by atoms with E-state index in [1.54, 1.807) is 42.5 Å². The van der Waals surface area contributed by atoms with Crippen LogP contribution in [-0.2, 0) is 13.1 Å². The third-order valence-corrected chi connectivity index (χ3v) is 4.94. The maximum Gasteiger partial charge on any atom is 0.354 e. The van der Waals surface area contributed by atoms with Gasteiger partial charge in [0.1, 0.15) is 5.82 Å². The second-order valence-electron chi connectivity index (χ2n) is 7.08. The van der Waals surface area contributed by atoms with Crippen molar-refractivity contribution in [1.82, 2.24) is 19.1 Å². The van der Waals surface area contributed by atoms with Crippen molar-refractivity contribution in [3.63, 3.8) is 0 Å². The zero-order chi connectivity index (χ0) is 23.5. The van der Waals surface area contributed by atoms with Crippen LogP contribution in [0.5, 0.6) is 5.88 Å². The highest BCUT2D eigenvalue weighted by Crippen LogP contribution is 2.19. The van der Waals surface area contributed by atoms with Crippen LogP contribution in [0, 0.1) is 17.5 Å². The van der Waals surface area contributed by atoms with Gasteiger partial charge in [-0.15, -0.1) is 0 Å². The Kier molecular flexibility index (Phi) is 6.07. The number of pyridine rings is 1. The summed E-state index contributed by atoms with van der Waals surface area (Å²) in [5, 5.41) is 0. The van der Waals surface area contributed by atoms with Crippen LogP contribution in [0.25, 0.3) is 11.4 Å². The van der Waals surface area contributed by atoms with Crippen LogP contribution in [0.2, 0.25) is 0 Å². The molecule has 2 aromatic heterocycles. The molecule has 0 saturated heterocycles. The summed E-state index contributed by atoms with van der Waals surface area (Å²) in [6.07, 6.45) is 1.50. The maximum absolute atomic E-state index is 13.8. The largest absolute Gasteiger partial charge is 0.481 e. The lowest BCUT2D eigenvalue weighted by molar-refractivity contribution is 0.390. The summed E-state index contributed by atoms with van der Waals surface area (Å²) >= 11 is 0. The van der Waals surface area contributed by atoms with Crippen molar-refractivity contribution in [2.24, 2.45) is 0 Å². The van der Waals surface area contributed by atoms with E-state index < -0.39 is 28.8 Å². The summed E-state index contributed by atoms with van der Waals surface area (Å²) in [5.74, 6) is -4.15. The van der Waals surface area contributed by atoms with Gasteiger partial charge in [0.15, 0.2) is 17.5 Å². The Bertz CT molecular complexity index is 1410. The second kappa shape index (κ2) is 9.11. The quantitative estimate of drug-likeness (QED) is 0.419. The van der Waals surface area contributed by atoms with Crippen molar-refractivity contribution in [2.45, 2.75) is 13.1 Å². The van der Waals surface area contributed by atoms with E-state index in [2.05, 4.69) is 9.97 Å². The molecular weight excluding hydrogens is 437 g/mol. The Morgan fingerprint density at radius 1 is 0.909 bits per heavy atom. The Labute approximate surface area is 185 Å². The highest BCUT2D eigenvalue weighted by Gasteiger charge is 2.18. The normalized spacial score (nSPS) is 10.9. The number of hydrogen-bond donors (Lipinski definition) is 0. The van der Waals surface area contributed by atoms with E-state index >= 15 is 0 Å². The second-order valence-corrected chi connectivity index (χ2v) is 7.08. The minimum Gasteiger partial charge on any atom is -0.481 e. The predicted molar refractivity (Wildman–Crippen MR) is 114 cm³/mol. The summed E-state index contributed by atoms with van der Waals surface area (Å²) in [4.78, 5) is 34.3. The Morgan fingerprint density at radius 3 is 2.27 bits per heavy atom. The molecule has 4 rings (SSSR count).